The molecule has 7 heteroatoms. The molecule has 90 valence electrons. The van der Waals surface area contributed by atoms with Crippen LogP contribution in [0, 0.1) is 6.92 Å². The summed E-state index contributed by atoms with van der Waals surface area (Å²) in [4.78, 5) is 0. The van der Waals surface area contributed by atoms with E-state index in [4.69, 9.17) is 5.73 Å². The van der Waals surface area contributed by atoms with E-state index in [9.17, 15) is 8.78 Å². The van der Waals surface area contributed by atoms with Crippen molar-refractivity contribution in [2.45, 2.75) is 19.9 Å². The molecule has 0 amide bonds. The molecule has 2 rings (SSSR count). The second-order valence-electron chi connectivity index (χ2n) is 3.71. The van der Waals surface area contributed by atoms with Gasteiger partial charge in [-0.1, -0.05) is 0 Å². The fourth-order valence-corrected chi connectivity index (χ4v) is 1.61. The number of nitrogen functional groups attached to an aromatic ring is 1. The van der Waals surface area contributed by atoms with Crippen LogP contribution < -0.4 is 5.73 Å². The van der Waals surface area contributed by atoms with Crippen molar-refractivity contribution in [1.82, 2.24) is 20.2 Å². The number of hydrogen-bond donors (Lipinski definition) is 1. The SMILES string of the molecule is Cc1cc(N)cc(-c2nnnn2CC(F)F)c1. The van der Waals surface area contributed by atoms with Crippen molar-refractivity contribution in [3.63, 3.8) is 0 Å². The average molecular weight is 239 g/mol. The van der Waals surface area contributed by atoms with Crippen molar-refractivity contribution in [2.24, 2.45) is 0 Å². The monoisotopic (exact) mass is 239 g/mol. The molecule has 0 unspecified atom stereocenters. The number of alkyl halides is 2. The highest BCUT2D eigenvalue weighted by Gasteiger charge is 2.13. The highest BCUT2D eigenvalue weighted by atomic mass is 19.3. The second kappa shape index (κ2) is 4.44. The molecule has 1 heterocycles. The maximum atomic E-state index is 12.3. The topological polar surface area (TPSA) is 69.6 Å². The van der Waals surface area contributed by atoms with Crippen LogP contribution in [0.15, 0.2) is 18.2 Å². The number of halogens is 2. The van der Waals surface area contributed by atoms with E-state index in [1.54, 1.807) is 18.2 Å². The highest BCUT2D eigenvalue weighted by molar-refractivity contribution is 5.62. The van der Waals surface area contributed by atoms with Gasteiger partial charge in [-0.15, -0.1) is 5.10 Å². The van der Waals surface area contributed by atoms with E-state index in [1.165, 1.54) is 0 Å². The lowest BCUT2D eigenvalue weighted by Gasteiger charge is -2.05. The first-order chi connectivity index (χ1) is 8.06. The zero-order valence-electron chi connectivity index (χ0n) is 9.14. The first-order valence-electron chi connectivity index (χ1n) is 4.98. The summed E-state index contributed by atoms with van der Waals surface area (Å²) in [6, 6.07) is 5.23. The number of benzene rings is 1. The van der Waals surface area contributed by atoms with Gasteiger partial charge in [0.05, 0.1) is 0 Å². The van der Waals surface area contributed by atoms with Crippen molar-refractivity contribution in [1.29, 1.82) is 0 Å². The Bertz CT molecular complexity index is 503. The lowest BCUT2D eigenvalue weighted by atomic mass is 10.1. The molecule has 1 aromatic heterocycles. The van der Waals surface area contributed by atoms with Gasteiger partial charge in [0.1, 0.15) is 6.54 Å². The van der Waals surface area contributed by atoms with E-state index in [2.05, 4.69) is 15.5 Å². The fourth-order valence-electron chi connectivity index (χ4n) is 1.61. The highest BCUT2D eigenvalue weighted by Crippen LogP contribution is 2.21. The van der Waals surface area contributed by atoms with Crippen LogP contribution in [-0.2, 0) is 6.54 Å². The van der Waals surface area contributed by atoms with E-state index in [1.807, 2.05) is 6.92 Å². The Morgan fingerprint density at radius 3 is 2.76 bits per heavy atom. The van der Waals surface area contributed by atoms with Gasteiger partial charge >= 0.3 is 0 Å². The number of nitrogens with zero attached hydrogens (tertiary/aromatic N) is 4. The standard InChI is InChI=1S/C10H11F2N5/c1-6-2-7(4-8(13)3-6)10-14-15-16-17(10)5-9(11)12/h2-4,9H,5,13H2,1H3. The molecule has 0 saturated heterocycles. The Kier molecular flexibility index (Phi) is 2.99. The molecule has 0 aliphatic rings. The van der Waals surface area contributed by atoms with E-state index in [0.717, 1.165) is 10.2 Å². The van der Waals surface area contributed by atoms with Crippen LogP contribution in [0.4, 0.5) is 14.5 Å². The van der Waals surface area contributed by atoms with Gasteiger partial charge in [-0.3, -0.25) is 0 Å². The summed E-state index contributed by atoms with van der Waals surface area (Å²) in [5, 5.41) is 10.7. The van der Waals surface area contributed by atoms with Gasteiger partial charge in [0.2, 0.25) is 0 Å². The Hall–Kier alpha value is -2.05. The lowest BCUT2D eigenvalue weighted by molar-refractivity contribution is 0.121. The molecule has 0 saturated carbocycles. The van der Waals surface area contributed by atoms with Crippen LogP contribution in [0.3, 0.4) is 0 Å². The predicted molar refractivity (Wildman–Crippen MR) is 58.4 cm³/mol. The summed E-state index contributed by atoms with van der Waals surface area (Å²) in [5.74, 6) is 0.292. The molecule has 5 nitrogen and oxygen atoms in total. The van der Waals surface area contributed by atoms with Gasteiger partial charge in [-0.25, -0.2) is 13.5 Å². The van der Waals surface area contributed by atoms with Crippen molar-refractivity contribution >= 4 is 5.69 Å². The summed E-state index contributed by atoms with van der Waals surface area (Å²) < 4.78 is 25.7. The predicted octanol–water partition coefficient (Wildman–Crippen LogP) is 1.50. The molecular weight excluding hydrogens is 228 g/mol. The first-order valence-corrected chi connectivity index (χ1v) is 4.98. The van der Waals surface area contributed by atoms with Gasteiger partial charge in [-0.2, -0.15) is 0 Å². The van der Waals surface area contributed by atoms with Crippen molar-refractivity contribution in [3.05, 3.63) is 23.8 Å². The van der Waals surface area contributed by atoms with Crippen LogP contribution in [0.25, 0.3) is 11.4 Å². The fraction of sp³-hybridized carbons (Fsp3) is 0.300. The Labute approximate surface area is 96.2 Å². The quantitative estimate of drug-likeness (QED) is 0.824. The first kappa shape index (κ1) is 11.4. The number of rotatable bonds is 3. The third kappa shape index (κ3) is 2.55. The molecule has 2 N–H and O–H groups in total. The molecule has 0 aliphatic carbocycles. The lowest BCUT2D eigenvalue weighted by Crippen LogP contribution is -2.10. The normalized spacial score (nSPS) is 11.1. The zero-order valence-corrected chi connectivity index (χ0v) is 9.14. The number of tetrazole rings is 1. The minimum atomic E-state index is -2.50. The van der Waals surface area contributed by atoms with Gasteiger partial charge < -0.3 is 5.73 Å². The van der Waals surface area contributed by atoms with Crippen LogP contribution in [-0.4, -0.2) is 26.6 Å². The number of hydrogen-bond acceptors (Lipinski definition) is 4. The minimum Gasteiger partial charge on any atom is -0.399 e. The van der Waals surface area contributed by atoms with Crippen LogP contribution in [0.1, 0.15) is 5.56 Å². The van der Waals surface area contributed by atoms with Crippen LogP contribution in [0.5, 0.6) is 0 Å². The summed E-state index contributed by atoms with van der Waals surface area (Å²) in [5.41, 5.74) is 7.79. The molecule has 0 spiro atoms. The van der Waals surface area contributed by atoms with Crippen molar-refractivity contribution in [2.75, 3.05) is 5.73 Å². The van der Waals surface area contributed by atoms with E-state index < -0.39 is 13.0 Å². The summed E-state index contributed by atoms with van der Waals surface area (Å²) in [6.45, 7) is 1.33. The van der Waals surface area contributed by atoms with E-state index in [-0.39, 0.29) is 0 Å². The van der Waals surface area contributed by atoms with E-state index in [0.29, 0.717) is 17.1 Å². The molecular formula is C10H11F2N5. The molecule has 2 aromatic rings. The van der Waals surface area contributed by atoms with Gasteiger partial charge in [0.25, 0.3) is 6.43 Å². The van der Waals surface area contributed by atoms with Gasteiger partial charge in [0, 0.05) is 11.3 Å². The van der Waals surface area contributed by atoms with E-state index >= 15 is 0 Å². The second-order valence-corrected chi connectivity index (χ2v) is 3.71. The Morgan fingerprint density at radius 1 is 1.35 bits per heavy atom. The molecule has 0 aliphatic heterocycles. The molecule has 0 radical (unpaired) electrons. The third-order valence-corrected chi connectivity index (χ3v) is 2.20. The largest absolute Gasteiger partial charge is 0.399 e. The summed E-state index contributed by atoms with van der Waals surface area (Å²) in [7, 11) is 0. The van der Waals surface area contributed by atoms with Gasteiger partial charge in [-0.05, 0) is 41.1 Å². The molecule has 0 fully saturated rings. The van der Waals surface area contributed by atoms with Crippen LogP contribution >= 0.6 is 0 Å². The summed E-state index contributed by atoms with van der Waals surface area (Å²) in [6.07, 6.45) is -2.50. The number of aryl methyl sites for hydroxylation is 1. The molecule has 1 aromatic carbocycles. The number of aromatic nitrogens is 4. The van der Waals surface area contributed by atoms with Crippen LogP contribution in [0.2, 0.25) is 0 Å². The average Bonchev–Trinajstić information content (AvgIpc) is 2.63. The maximum Gasteiger partial charge on any atom is 0.258 e. The van der Waals surface area contributed by atoms with Crippen molar-refractivity contribution in [3.8, 4) is 11.4 Å². The summed E-state index contributed by atoms with van der Waals surface area (Å²) >= 11 is 0. The third-order valence-electron chi connectivity index (χ3n) is 2.20. The Balaban J connectivity index is 2.42. The number of nitrogens with two attached hydrogens (primary N) is 1. The number of anilines is 1. The van der Waals surface area contributed by atoms with Crippen molar-refractivity contribution < 1.29 is 8.78 Å². The van der Waals surface area contributed by atoms with Gasteiger partial charge in [0.15, 0.2) is 5.82 Å². The zero-order chi connectivity index (χ0) is 12.4. The maximum absolute atomic E-state index is 12.3. The molecule has 0 bridgehead atoms. The smallest absolute Gasteiger partial charge is 0.258 e. The minimum absolute atomic E-state index is 0.292. The molecule has 0 atom stereocenters. The Morgan fingerprint density at radius 2 is 2.12 bits per heavy atom. The molecule has 17 heavy (non-hydrogen) atoms.